The van der Waals surface area contributed by atoms with Crippen molar-refractivity contribution < 1.29 is 5.11 Å². The molecule has 0 radical (unpaired) electrons. The second-order valence-electron chi connectivity index (χ2n) is 15.5. The number of aliphatic hydroxyl groups is 1. The number of hydrogen-bond donors (Lipinski definition) is 1. The Balaban J connectivity index is 1.14. The Morgan fingerprint density at radius 2 is 1.02 bits per heavy atom. The van der Waals surface area contributed by atoms with Crippen LogP contribution in [-0.2, 0) is 24.7 Å². The molecule has 46 heavy (non-hydrogen) atoms. The maximum absolute atomic E-state index is 10.5. The second kappa shape index (κ2) is 14.7. The van der Waals surface area contributed by atoms with Gasteiger partial charge < -0.3 is 5.11 Å². The molecule has 3 aliphatic heterocycles. The first kappa shape index (κ1) is 33.4. The van der Waals surface area contributed by atoms with Crippen LogP contribution in [0, 0.1) is 5.92 Å². The molecule has 9 atom stereocenters. The van der Waals surface area contributed by atoms with Crippen molar-refractivity contribution in [3.63, 3.8) is 0 Å². The number of aliphatic hydroxyl groups excluding tert-OH is 1. The first-order chi connectivity index (χ1) is 22.2. The van der Waals surface area contributed by atoms with Crippen LogP contribution in [0.1, 0.15) is 93.7 Å². The fourth-order valence-electron chi connectivity index (χ4n) is 7.46. The van der Waals surface area contributed by atoms with E-state index in [2.05, 4.69) is 122 Å². The Labute approximate surface area is 279 Å². The van der Waals surface area contributed by atoms with E-state index in [0.717, 1.165) is 56.8 Å². The Kier molecular flexibility index (Phi) is 10.7. The minimum absolute atomic E-state index is 0.247. The van der Waals surface area contributed by atoms with E-state index >= 15 is 0 Å². The topological polar surface area (TPSA) is 29.3 Å². The highest BCUT2D eigenvalue weighted by Gasteiger charge is 2.33. The predicted octanol–water partition coefficient (Wildman–Crippen LogP) is 7.34. The van der Waals surface area contributed by atoms with Crippen molar-refractivity contribution in [2.45, 2.75) is 109 Å². The van der Waals surface area contributed by atoms with Crippen LogP contribution in [0.3, 0.4) is 0 Å². The Morgan fingerprint density at radius 3 is 1.48 bits per heavy atom. The smallest absolute Gasteiger partial charge is 0.0670 e. The van der Waals surface area contributed by atoms with Gasteiger partial charge in [-0.2, -0.15) is 0 Å². The molecule has 0 amide bonds. The van der Waals surface area contributed by atoms with Gasteiger partial charge in [0, 0.05) is 56.3 Å². The number of nitrogens with zero attached hydrogens (tertiary/aromatic N) is 3. The number of β-amino-alcohol motifs (C(OH)–C–C–N with tert-alkyl or cyclic N) is 1. The number of unbranched alkanes of at least 4 members (excludes halogenated alkanes) is 1. The summed E-state index contributed by atoms with van der Waals surface area (Å²) in [5.74, 6) is 0.734. The van der Waals surface area contributed by atoms with Gasteiger partial charge in [0.15, 0.2) is 0 Å². The van der Waals surface area contributed by atoms with E-state index in [9.17, 15) is 5.11 Å². The summed E-state index contributed by atoms with van der Waals surface area (Å²) in [6.07, 6.45) is 7.55. The molecule has 0 aliphatic carbocycles. The van der Waals surface area contributed by atoms with Crippen LogP contribution in [0.15, 0.2) is 72.8 Å². The van der Waals surface area contributed by atoms with Crippen LogP contribution in [0.25, 0.3) is 0 Å². The quantitative estimate of drug-likeness (QED) is 0.0915. The van der Waals surface area contributed by atoms with Crippen molar-refractivity contribution in [2.75, 3.05) is 39.3 Å². The summed E-state index contributed by atoms with van der Waals surface area (Å²) in [4.78, 5) is 7.49. The molecule has 1 N–H and O–H groups in total. The second-order valence-corrected chi connectivity index (χ2v) is 15.5. The van der Waals surface area contributed by atoms with Crippen LogP contribution in [0.2, 0.25) is 0 Å². The summed E-state index contributed by atoms with van der Waals surface area (Å²) < 4.78 is 0. The lowest BCUT2D eigenvalue weighted by Crippen LogP contribution is -2.25. The molecule has 3 aromatic rings. The monoisotopic (exact) mass is 621 g/mol. The first-order valence-electron chi connectivity index (χ1n) is 18.4. The molecule has 3 saturated heterocycles. The zero-order valence-corrected chi connectivity index (χ0v) is 29.3. The first-order valence-corrected chi connectivity index (χ1v) is 18.4. The van der Waals surface area contributed by atoms with Gasteiger partial charge in [0.05, 0.1) is 6.10 Å². The standard InChI is InChI=1S/C42H59N3O/c1-31(26-44-28-33(44)3)9-10-36-13-20-39(21-14-36)42(5,38-18-11-35(12-19-38)8-6-7-25-43-27-32(43)2)40-22-15-37(16-23-40)17-24-41(46)30-45-29-34(45)4/h11-16,18-23,31-34,41,46H,6-10,17,24-30H2,1-5H3. The highest BCUT2D eigenvalue weighted by atomic mass is 16.3. The Morgan fingerprint density at radius 1 is 0.609 bits per heavy atom. The van der Waals surface area contributed by atoms with E-state index in [-0.39, 0.29) is 11.5 Å². The van der Waals surface area contributed by atoms with E-state index in [4.69, 9.17) is 0 Å². The molecule has 3 aromatic carbocycles. The third kappa shape index (κ3) is 8.69. The molecule has 0 bridgehead atoms. The summed E-state index contributed by atoms with van der Waals surface area (Å²) in [7, 11) is 0. The molecule has 3 heterocycles. The molecule has 9 unspecified atom stereocenters. The van der Waals surface area contributed by atoms with Gasteiger partial charge in [0.2, 0.25) is 0 Å². The van der Waals surface area contributed by atoms with Crippen molar-refractivity contribution in [1.82, 2.24) is 14.7 Å². The van der Waals surface area contributed by atoms with Crippen LogP contribution in [0.4, 0.5) is 0 Å². The summed E-state index contributed by atoms with van der Waals surface area (Å²) in [5, 5.41) is 10.5. The lowest BCUT2D eigenvalue weighted by Gasteiger charge is -2.32. The van der Waals surface area contributed by atoms with Gasteiger partial charge in [-0.15, -0.1) is 0 Å². The molecular weight excluding hydrogens is 562 g/mol. The highest BCUT2D eigenvalue weighted by molar-refractivity contribution is 5.50. The van der Waals surface area contributed by atoms with Crippen LogP contribution < -0.4 is 0 Å². The fourth-order valence-corrected chi connectivity index (χ4v) is 7.46. The lowest BCUT2D eigenvalue weighted by molar-refractivity contribution is 0.142. The van der Waals surface area contributed by atoms with Crippen molar-refractivity contribution in [1.29, 1.82) is 0 Å². The largest absolute Gasteiger partial charge is 0.392 e. The van der Waals surface area contributed by atoms with Crippen molar-refractivity contribution >= 4 is 0 Å². The number of aryl methyl sites for hydroxylation is 3. The van der Waals surface area contributed by atoms with Gasteiger partial charge in [-0.25, -0.2) is 0 Å². The van der Waals surface area contributed by atoms with Gasteiger partial charge in [0.25, 0.3) is 0 Å². The maximum atomic E-state index is 10.5. The Hall–Kier alpha value is -2.50. The van der Waals surface area contributed by atoms with Gasteiger partial charge in [-0.3, -0.25) is 14.7 Å². The number of benzene rings is 3. The van der Waals surface area contributed by atoms with E-state index in [1.54, 1.807) is 0 Å². The summed E-state index contributed by atoms with van der Waals surface area (Å²) in [5.41, 5.74) is 7.95. The van der Waals surface area contributed by atoms with Crippen LogP contribution in [-0.4, -0.2) is 83.3 Å². The Bertz CT molecular complexity index is 1310. The fraction of sp³-hybridized carbons (Fsp3) is 0.571. The van der Waals surface area contributed by atoms with E-state index in [0.29, 0.717) is 6.04 Å². The average molecular weight is 622 g/mol. The summed E-state index contributed by atoms with van der Waals surface area (Å²) in [6, 6.07) is 30.5. The lowest BCUT2D eigenvalue weighted by atomic mass is 9.70. The normalized spacial score (nSPS) is 27.5. The molecule has 0 aromatic heterocycles. The third-order valence-corrected chi connectivity index (χ3v) is 11.4. The van der Waals surface area contributed by atoms with Crippen molar-refractivity contribution in [3.05, 3.63) is 106 Å². The molecule has 3 fully saturated rings. The predicted molar refractivity (Wildman–Crippen MR) is 193 cm³/mol. The van der Waals surface area contributed by atoms with Gasteiger partial charge in [-0.05, 0) is 118 Å². The van der Waals surface area contributed by atoms with Crippen molar-refractivity contribution in [3.8, 4) is 0 Å². The van der Waals surface area contributed by atoms with Gasteiger partial charge >= 0.3 is 0 Å². The SMILES string of the molecule is CC(CCc1ccc(C(C)(c2ccc(CCCCN3CC3C)cc2)c2ccc(CCC(O)CN3CC3C)cc2)cc1)CN1CC1C. The average Bonchev–Trinajstić information content (AvgIpc) is 4.03. The molecule has 0 saturated carbocycles. The van der Waals surface area contributed by atoms with Crippen LogP contribution >= 0.6 is 0 Å². The van der Waals surface area contributed by atoms with E-state index in [1.807, 2.05) is 0 Å². The van der Waals surface area contributed by atoms with Gasteiger partial charge in [0.1, 0.15) is 0 Å². The van der Waals surface area contributed by atoms with Gasteiger partial charge in [-0.1, -0.05) is 79.7 Å². The summed E-state index contributed by atoms with van der Waals surface area (Å²) >= 11 is 0. The van der Waals surface area contributed by atoms with E-state index in [1.165, 1.54) is 78.8 Å². The highest BCUT2D eigenvalue weighted by Crippen LogP contribution is 2.39. The minimum atomic E-state index is -0.250. The maximum Gasteiger partial charge on any atom is 0.0670 e. The number of hydrogen-bond acceptors (Lipinski definition) is 4. The van der Waals surface area contributed by atoms with Crippen LogP contribution in [0.5, 0.6) is 0 Å². The number of rotatable bonds is 18. The molecule has 4 nitrogen and oxygen atoms in total. The molecule has 248 valence electrons. The molecule has 4 heteroatoms. The molecular formula is C42H59N3O. The molecule has 3 aliphatic rings. The van der Waals surface area contributed by atoms with E-state index < -0.39 is 0 Å². The molecule has 0 spiro atoms. The zero-order valence-electron chi connectivity index (χ0n) is 29.3. The third-order valence-electron chi connectivity index (χ3n) is 11.4. The van der Waals surface area contributed by atoms with Crippen molar-refractivity contribution in [2.24, 2.45) is 5.92 Å². The summed E-state index contributed by atoms with van der Waals surface area (Å²) in [6.45, 7) is 18.7. The molecule has 6 rings (SSSR count). The zero-order chi connectivity index (χ0) is 32.3. The minimum Gasteiger partial charge on any atom is -0.392 e.